The first-order chi connectivity index (χ1) is 16.0. The van der Waals surface area contributed by atoms with Crippen LogP contribution in [0, 0.1) is 6.92 Å². The van der Waals surface area contributed by atoms with E-state index in [0.717, 1.165) is 11.1 Å². The Balaban J connectivity index is 1.53. The number of amides is 2. The number of fused-ring (bicyclic) bond motifs is 1. The van der Waals surface area contributed by atoms with E-state index in [9.17, 15) is 9.59 Å². The lowest BCUT2D eigenvalue weighted by Crippen LogP contribution is -2.32. The summed E-state index contributed by atoms with van der Waals surface area (Å²) in [4.78, 5) is 28.3. The number of ether oxygens (including phenoxy) is 3. The van der Waals surface area contributed by atoms with Gasteiger partial charge in [-0.2, -0.15) is 0 Å². The zero-order valence-electron chi connectivity index (χ0n) is 18.3. The van der Waals surface area contributed by atoms with E-state index in [2.05, 4.69) is 5.32 Å². The van der Waals surface area contributed by atoms with Crippen LogP contribution in [0.4, 0.5) is 5.69 Å². The molecule has 3 aromatic carbocycles. The van der Waals surface area contributed by atoms with Gasteiger partial charge in [0.1, 0.15) is 11.4 Å². The minimum Gasteiger partial charge on any atom is -0.495 e. The van der Waals surface area contributed by atoms with Crippen molar-refractivity contribution in [2.24, 2.45) is 0 Å². The molecule has 2 heterocycles. The van der Waals surface area contributed by atoms with Crippen LogP contribution in [0.1, 0.15) is 16.7 Å². The molecule has 166 valence electrons. The number of anilines is 1. The van der Waals surface area contributed by atoms with Gasteiger partial charge in [0.15, 0.2) is 11.5 Å². The number of nitrogens with zero attached hydrogens (tertiary/aromatic N) is 1. The van der Waals surface area contributed by atoms with Crippen LogP contribution in [0.25, 0.3) is 5.57 Å². The highest BCUT2D eigenvalue weighted by Crippen LogP contribution is 2.36. The molecule has 0 unspecified atom stereocenters. The number of methoxy groups -OCH3 is 1. The van der Waals surface area contributed by atoms with E-state index in [1.807, 2.05) is 61.5 Å². The van der Waals surface area contributed by atoms with Crippen LogP contribution in [0.3, 0.4) is 0 Å². The molecule has 0 saturated heterocycles. The summed E-state index contributed by atoms with van der Waals surface area (Å²) in [6.45, 7) is 2.22. The van der Waals surface area contributed by atoms with Gasteiger partial charge in [-0.15, -0.1) is 0 Å². The fraction of sp³-hybridized carbons (Fsp3) is 0.154. The fourth-order valence-electron chi connectivity index (χ4n) is 3.98. The van der Waals surface area contributed by atoms with Crippen molar-refractivity contribution in [1.82, 2.24) is 4.90 Å². The summed E-state index contributed by atoms with van der Waals surface area (Å²) in [5.41, 5.74) is 3.59. The van der Waals surface area contributed by atoms with Crippen LogP contribution in [0.15, 0.2) is 72.4 Å². The van der Waals surface area contributed by atoms with Crippen molar-refractivity contribution in [3.05, 3.63) is 89.1 Å². The molecule has 7 heteroatoms. The molecule has 1 N–H and O–H groups in total. The fourth-order valence-corrected chi connectivity index (χ4v) is 3.98. The zero-order chi connectivity index (χ0) is 22.9. The van der Waals surface area contributed by atoms with Crippen LogP contribution in [0.2, 0.25) is 0 Å². The second kappa shape index (κ2) is 8.35. The molecule has 0 aromatic heterocycles. The van der Waals surface area contributed by atoms with E-state index in [1.54, 1.807) is 19.2 Å². The standard InChI is InChI=1S/C26H22N2O5/c1-16-8-10-20(31-2)19(12-16)27-24-23(18-6-4-3-5-7-18)25(29)28(26(24)30)14-17-9-11-21-22(13-17)33-15-32-21/h3-13,27H,14-15H2,1-2H3. The van der Waals surface area contributed by atoms with Crippen molar-refractivity contribution < 1.29 is 23.8 Å². The Morgan fingerprint density at radius 3 is 2.52 bits per heavy atom. The normalized spacial score (nSPS) is 14.8. The van der Waals surface area contributed by atoms with Gasteiger partial charge >= 0.3 is 0 Å². The first-order valence-corrected chi connectivity index (χ1v) is 10.5. The Morgan fingerprint density at radius 2 is 1.73 bits per heavy atom. The number of aryl methyl sites for hydroxylation is 1. The van der Waals surface area contributed by atoms with Crippen molar-refractivity contribution in [1.29, 1.82) is 0 Å². The van der Waals surface area contributed by atoms with Crippen LogP contribution >= 0.6 is 0 Å². The molecule has 2 aliphatic rings. The third-order valence-electron chi connectivity index (χ3n) is 5.62. The molecule has 0 atom stereocenters. The van der Waals surface area contributed by atoms with E-state index in [1.165, 1.54) is 4.90 Å². The maximum atomic E-state index is 13.5. The summed E-state index contributed by atoms with van der Waals surface area (Å²) in [6, 6.07) is 20.2. The largest absolute Gasteiger partial charge is 0.495 e. The van der Waals surface area contributed by atoms with Crippen molar-refractivity contribution >= 4 is 23.1 Å². The lowest BCUT2D eigenvalue weighted by molar-refractivity contribution is -0.137. The molecule has 2 amide bonds. The minimum absolute atomic E-state index is 0.112. The van der Waals surface area contributed by atoms with E-state index >= 15 is 0 Å². The summed E-state index contributed by atoms with van der Waals surface area (Å²) in [5.74, 6) is 1.06. The van der Waals surface area contributed by atoms with Gasteiger partial charge in [0.2, 0.25) is 6.79 Å². The monoisotopic (exact) mass is 442 g/mol. The summed E-state index contributed by atoms with van der Waals surface area (Å²) in [5, 5.41) is 3.19. The van der Waals surface area contributed by atoms with Crippen molar-refractivity contribution in [2.75, 3.05) is 19.2 Å². The van der Waals surface area contributed by atoms with Gasteiger partial charge in [-0.25, -0.2) is 0 Å². The Morgan fingerprint density at radius 1 is 0.939 bits per heavy atom. The number of hydrogen-bond donors (Lipinski definition) is 1. The predicted octanol–water partition coefficient (Wildman–Crippen LogP) is 4.12. The van der Waals surface area contributed by atoms with Crippen LogP contribution in [0.5, 0.6) is 17.2 Å². The number of hydrogen-bond acceptors (Lipinski definition) is 6. The van der Waals surface area contributed by atoms with Gasteiger partial charge in [0.05, 0.1) is 24.9 Å². The summed E-state index contributed by atoms with van der Waals surface area (Å²) in [7, 11) is 1.57. The molecule has 2 aliphatic heterocycles. The number of rotatable bonds is 6. The van der Waals surface area contributed by atoms with E-state index in [0.29, 0.717) is 34.1 Å². The van der Waals surface area contributed by atoms with Crippen LogP contribution < -0.4 is 19.5 Å². The SMILES string of the molecule is COc1ccc(C)cc1NC1=C(c2ccccc2)C(=O)N(Cc2ccc3c(c2)OCO3)C1=O. The number of imide groups is 1. The molecule has 0 bridgehead atoms. The van der Waals surface area contributed by atoms with Crippen molar-refractivity contribution in [3.8, 4) is 17.2 Å². The van der Waals surface area contributed by atoms with E-state index in [-0.39, 0.29) is 24.9 Å². The van der Waals surface area contributed by atoms with Crippen molar-refractivity contribution in [2.45, 2.75) is 13.5 Å². The van der Waals surface area contributed by atoms with Gasteiger partial charge < -0.3 is 19.5 Å². The molecule has 7 nitrogen and oxygen atoms in total. The Hall–Kier alpha value is -4.26. The molecule has 3 aromatic rings. The molecule has 0 fully saturated rings. The molecule has 0 aliphatic carbocycles. The number of carbonyl (C=O) groups excluding carboxylic acids is 2. The average Bonchev–Trinajstić information content (AvgIpc) is 3.38. The summed E-state index contributed by atoms with van der Waals surface area (Å²) >= 11 is 0. The Labute approximate surface area is 191 Å². The van der Waals surface area contributed by atoms with Gasteiger partial charge in [-0.05, 0) is 47.9 Å². The average molecular weight is 442 g/mol. The highest BCUT2D eigenvalue weighted by atomic mass is 16.7. The highest BCUT2D eigenvalue weighted by molar-refractivity contribution is 6.36. The van der Waals surface area contributed by atoms with Crippen LogP contribution in [-0.4, -0.2) is 30.6 Å². The van der Waals surface area contributed by atoms with Crippen molar-refractivity contribution in [3.63, 3.8) is 0 Å². The molecule has 33 heavy (non-hydrogen) atoms. The van der Waals surface area contributed by atoms with Crippen LogP contribution in [-0.2, 0) is 16.1 Å². The number of benzene rings is 3. The maximum absolute atomic E-state index is 13.5. The third-order valence-corrected chi connectivity index (χ3v) is 5.62. The lowest BCUT2D eigenvalue weighted by Gasteiger charge is -2.16. The summed E-state index contributed by atoms with van der Waals surface area (Å²) in [6.07, 6.45) is 0. The Kier molecular flexibility index (Phi) is 5.22. The van der Waals surface area contributed by atoms with Gasteiger partial charge in [0, 0.05) is 0 Å². The van der Waals surface area contributed by atoms with Gasteiger partial charge in [-0.1, -0.05) is 42.5 Å². The topological polar surface area (TPSA) is 77.1 Å². The van der Waals surface area contributed by atoms with E-state index in [4.69, 9.17) is 14.2 Å². The predicted molar refractivity (Wildman–Crippen MR) is 123 cm³/mol. The molecular weight excluding hydrogens is 420 g/mol. The molecular formula is C26H22N2O5. The summed E-state index contributed by atoms with van der Waals surface area (Å²) < 4.78 is 16.3. The zero-order valence-corrected chi connectivity index (χ0v) is 18.3. The number of carbonyl (C=O) groups is 2. The minimum atomic E-state index is -0.403. The molecule has 0 saturated carbocycles. The maximum Gasteiger partial charge on any atom is 0.278 e. The second-order valence-corrected chi connectivity index (χ2v) is 7.83. The van der Waals surface area contributed by atoms with Gasteiger partial charge in [-0.3, -0.25) is 14.5 Å². The second-order valence-electron chi connectivity index (χ2n) is 7.83. The molecule has 0 spiro atoms. The van der Waals surface area contributed by atoms with Gasteiger partial charge in [0.25, 0.3) is 11.8 Å². The molecule has 5 rings (SSSR count). The quantitative estimate of drug-likeness (QED) is 0.579. The first-order valence-electron chi connectivity index (χ1n) is 10.5. The highest BCUT2D eigenvalue weighted by Gasteiger charge is 2.39. The third kappa shape index (κ3) is 3.78. The number of nitrogens with one attached hydrogen (secondary N) is 1. The Bertz CT molecular complexity index is 1280. The first kappa shape index (κ1) is 20.6. The van der Waals surface area contributed by atoms with E-state index < -0.39 is 5.91 Å². The smallest absolute Gasteiger partial charge is 0.278 e. The lowest BCUT2D eigenvalue weighted by atomic mass is 10.0. The molecule has 0 radical (unpaired) electrons.